The van der Waals surface area contributed by atoms with Gasteiger partial charge < -0.3 is 0 Å². The highest BCUT2D eigenvalue weighted by Gasteiger charge is 2.18. The van der Waals surface area contributed by atoms with E-state index in [1.807, 2.05) is 0 Å². The van der Waals surface area contributed by atoms with Crippen molar-refractivity contribution in [3.8, 4) is 0 Å². The summed E-state index contributed by atoms with van der Waals surface area (Å²) in [6.07, 6.45) is 2.94. The molecule has 100 valence electrons. The Bertz CT molecular complexity index is 656. The Morgan fingerprint density at radius 3 is 2.70 bits per heavy atom. The standard InChI is InChI=1S/C13H10N4O3/c18-13(11-6-1-2-7-12(11)17(19)20)16-15-9-10-5-3-4-8-14-10/h1-9H,(H,16,18)/b15-9+. The van der Waals surface area contributed by atoms with E-state index in [-0.39, 0.29) is 11.3 Å². The Balaban J connectivity index is 2.10. The predicted molar refractivity (Wildman–Crippen MR) is 72.4 cm³/mol. The van der Waals surface area contributed by atoms with Gasteiger partial charge in [0, 0.05) is 12.3 Å². The third kappa shape index (κ3) is 3.22. The highest BCUT2D eigenvalue weighted by atomic mass is 16.6. The second kappa shape index (κ2) is 6.19. The van der Waals surface area contributed by atoms with Gasteiger partial charge in [0.25, 0.3) is 11.6 Å². The lowest BCUT2D eigenvalue weighted by molar-refractivity contribution is -0.385. The first-order valence-electron chi connectivity index (χ1n) is 5.66. The van der Waals surface area contributed by atoms with Crippen LogP contribution in [0.15, 0.2) is 53.8 Å². The molecule has 2 aromatic rings. The van der Waals surface area contributed by atoms with Crippen molar-refractivity contribution in [3.63, 3.8) is 0 Å². The summed E-state index contributed by atoms with van der Waals surface area (Å²) < 4.78 is 0. The fourth-order valence-corrected chi connectivity index (χ4v) is 1.49. The van der Waals surface area contributed by atoms with E-state index in [9.17, 15) is 14.9 Å². The summed E-state index contributed by atoms with van der Waals surface area (Å²) >= 11 is 0. The Labute approximate surface area is 114 Å². The van der Waals surface area contributed by atoms with E-state index in [0.717, 1.165) is 0 Å². The van der Waals surface area contributed by atoms with E-state index in [1.165, 1.54) is 24.4 Å². The van der Waals surface area contributed by atoms with E-state index >= 15 is 0 Å². The van der Waals surface area contributed by atoms with Crippen molar-refractivity contribution in [1.82, 2.24) is 10.4 Å². The number of nitro benzene ring substituents is 1. The van der Waals surface area contributed by atoms with Gasteiger partial charge in [0.2, 0.25) is 0 Å². The molecule has 0 aliphatic carbocycles. The smallest absolute Gasteiger partial charge is 0.267 e. The summed E-state index contributed by atoms with van der Waals surface area (Å²) in [5, 5.41) is 14.5. The number of benzene rings is 1. The zero-order valence-electron chi connectivity index (χ0n) is 10.3. The van der Waals surface area contributed by atoms with Gasteiger partial charge >= 0.3 is 0 Å². The average molecular weight is 270 g/mol. The molecule has 1 amide bonds. The first kappa shape index (κ1) is 13.3. The van der Waals surface area contributed by atoms with Crippen molar-refractivity contribution in [2.75, 3.05) is 0 Å². The molecule has 1 N–H and O–H groups in total. The second-order valence-corrected chi connectivity index (χ2v) is 3.73. The number of carbonyl (C=O) groups is 1. The van der Waals surface area contributed by atoms with Crippen LogP contribution in [0.1, 0.15) is 16.1 Å². The van der Waals surface area contributed by atoms with Crippen molar-refractivity contribution in [1.29, 1.82) is 0 Å². The summed E-state index contributed by atoms with van der Waals surface area (Å²) in [7, 11) is 0. The topological polar surface area (TPSA) is 97.5 Å². The molecule has 0 unspecified atom stereocenters. The fourth-order valence-electron chi connectivity index (χ4n) is 1.49. The number of amides is 1. The quantitative estimate of drug-likeness (QED) is 0.520. The highest BCUT2D eigenvalue weighted by Crippen LogP contribution is 2.17. The molecule has 0 fully saturated rings. The monoisotopic (exact) mass is 270 g/mol. The number of hydrogen-bond donors (Lipinski definition) is 1. The number of nitrogens with one attached hydrogen (secondary N) is 1. The number of carbonyl (C=O) groups excluding carboxylic acids is 1. The van der Waals surface area contributed by atoms with Gasteiger partial charge in [-0.2, -0.15) is 5.10 Å². The molecule has 7 heteroatoms. The van der Waals surface area contributed by atoms with E-state index in [4.69, 9.17) is 0 Å². The number of nitro groups is 1. The van der Waals surface area contributed by atoms with Crippen molar-refractivity contribution < 1.29 is 9.72 Å². The van der Waals surface area contributed by atoms with Crippen molar-refractivity contribution in [3.05, 3.63) is 70.0 Å². The third-order valence-corrected chi connectivity index (χ3v) is 2.40. The molecule has 0 radical (unpaired) electrons. The minimum Gasteiger partial charge on any atom is -0.267 e. The molecule has 2 rings (SSSR count). The molecular weight excluding hydrogens is 260 g/mol. The van der Waals surface area contributed by atoms with Crippen molar-refractivity contribution in [2.45, 2.75) is 0 Å². The maximum atomic E-state index is 11.8. The van der Waals surface area contributed by atoms with Crippen LogP contribution in [-0.4, -0.2) is 22.0 Å². The van der Waals surface area contributed by atoms with E-state index in [0.29, 0.717) is 5.69 Å². The lowest BCUT2D eigenvalue weighted by Gasteiger charge is -2.00. The summed E-state index contributed by atoms with van der Waals surface area (Å²) in [5.41, 5.74) is 2.48. The molecule has 0 aliphatic heterocycles. The average Bonchev–Trinajstić information content (AvgIpc) is 2.48. The number of rotatable bonds is 4. The van der Waals surface area contributed by atoms with E-state index < -0.39 is 10.8 Å². The number of para-hydroxylation sites is 1. The maximum absolute atomic E-state index is 11.8. The van der Waals surface area contributed by atoms with Crippen LogP contribution in [0.4, 0.5) is 5.69 Å². The van der Waals surface area contributed by atoms with Crippen LogP contribution in [0.2, 0.25) is 0 Å². The molecule has 1 heterocycles. The zero-order chi connectivity index (χ0) is 14.4. The predicted octanol–water partition coefficient (Wildman–Crippen LogP) is 1.75. The van der Waals surface area contributed by atoms with Crippen LogP contribution in [0, 0.1) is 10.1 Å². The number of pyridine rings is 1. The molecule has 0 bridgehead atoms. The third-order valence-electron chi connectivity index (χ3n) is 2.40. The van der Waals surface area contributed by atoms with Gasteiger partial charge in [-0.15, -0.1) is 0 Å². The minimum absolute atomic E-state index is 0.0457. The van der Waals surface area contributed by atoms with Crippen molar-refractivity contribution in [2.24, 2.45) is 5.10 Å². The lowest BCUT2D eigenvalue weighted by atomic mass is 10.2. The molecule has 20 heavy (non-hydrogen) atoms. The highest BCUT2D eigenvalue weighted by molar-refractivity contribution is 5.98. The number of hydrazone groups is 1. The molecule has 0 aliphatic rings. The molecule has 0 saturated carbocycles. The maximum Gasteiger partial charge on any atom is 0.282 e. The second-order valence-electron chi connectivity index (χ2n) is 3.73. The Morgan fingerprint density at radius 1 is 1.25 bits per heavy atom. The molecule has 7 nitrogen and oxygen atoms in total. The largest absolute Gasteiger partial charge is 0.282 e. The van der Waals surface area contributed by atoms with Crippen LogP contribution in [0.3, 0.4) is 0 Å². The summed E-state index contributed by atoms with van der Waals surface area (Å²) in [6, 6.07) is 10.9. The summed E-state index contributed by atoms with van der Waals surface area (Å²) in [4.78, 5) is 26.0. The van der Waals surface area contributed by atoms with Crippen LogP contribution < -0.4 is 5.43 Å². The van der Waals surface area contributed by atoms with Gasteiger partial charge in [-0.3, -0.25) is 19.9 Å². The lowest BCUT2D eigenvalue weighted by Crippen LogP contribution is -2.19. The number of aromatic nitrogens is 1. The summed E-state index contributed by atoms with van der Waals surface area (Å²) in [6.45, 7) is 0. The van der Waals surface area contributed by atoms with Crippen molar-refractivity contribution >= 4 is 17.8 Å². The SMILES string of the molecule is O=C(N/N=C/c1ccccn1)c1ccccc1[N+](=O)[O-]. The van der Waals surface area contributed by atoms with E-state index in [2.05, 4.69) is 15.5 Å². The fraction of sp³-hybridized carbons (Fsp3) is 0. The van der Waals surface area contributed by atoms with Gasteiger partial charge in [-0.1, -0.05) is 18.2 Å². The summed E-state index contributed by atoms with van der Waals surface area (Å²) in [5.74, 6) is -0.649. The van der Waals surface area contributed by atoms with Gasteiger partial charge in [0.15, 0.2) is 0 Å². The molecular formula is C13H10N4O3. The Kier molecular flexibility index (Phi) is 4.13. The first-order chi connectivity index (χ1) is 9.68. The normalized spacial score (nSPS) is 10.4. The van der Waals surface area contributed by atoms with Gasteiger partial charge in [0.1, 0.15) is 5.56 Å². The zero-order valence-corrected chi connectivity index (χ0v) is 10.3. The van der Waals surface area contributed by atoms with Crippen LogP contribution in [0.5, 0.6) is 0 Å². The Hall–Kier alpha value is -3.09. The minimum atomic E-state index is -0.649. The van der Waals surface area contributed by atoms with Gasteiger partial charge in [-0.25, -0.2) is 5.43 Å². The Morgan fingerprint density at radius 2 is 2.00 bits per heavy atom. The molecule has 0 saturated heterocycles. The van der Waals surface area contributed by atoms with Crippen LogP contribution in [-0.2, 0) is 0 Å². The number of nitrogens with zero attached hydrogens (tertiary/aromatic N) is 3. The van der Waals surface area contributed by atoms with Crippen LogP contribution >= 0.6 is 0 Å². The molecule has 1 aromatic carbocycles. The number of hydrogen-bond acceptors (Lipinski definition) is 5. The molecule has 0 spiro atoms. The van der Waals surface area contributed by atoms with Crippen LogP contribution in [0.25, 0.3) is 0 Å². The molecule has 0 atom stereocenters. The van der Waals surface area contributed by atoms with E-state index in [1.54, 1.807) is 30.5 Å². The van der Waals surface area contributed by atoms with Gasteiger partial charge in [0.05, 0.1) is 16.8 Å². The molecule has 1 aromatic heterocycles. The van der Waals surface area contributed by atoms with Gasteiger partial charge in [-0.05, 0) is 18.2 Å². The first-order valence-corrected chi connectivity index (χ1v) is 5.66.